The van der Waals surface area contributed by atoms with Crippen molar-refractivity contribution in [1.82, 2.24) is 10.2 Å². The molecule has 0 radical (unpaired) electrons. The van der Waals surface area contributed by atoms with Crippen molar-refractivity contribution >= 4 is 21.8 Å². The zero-order valence-electron chi connectivity index (χ0n) is 19.3. The Labute approximate surface area is 201 Å². The summed E-state index contributed by atoms with van der Waals surface area (Å²) in [4.78, 5) is 16.5. The minimum Gasteiger partial charge on any atom is -0.339 e. The number of likely N-dealkylation sites (tertiary alicyclic amines) is 1. The summed E-state index contributed by atoms with van der Waals surface area (Å²) in [7, 11) is 0. The van der Waals surface area contributed by atoms with Crippen LogP contribution in [0.3, 0.4) is 0 Å². The molecule has 3 nitrogen and oxygen atoms in total. The van der Waals surface area contributed by atoms with Crippen LogP contribution in [0.1, 0.15) is 62.1 Å². The van der Waals surface area contributed by atoms with Gasteiger partial charge in [-0.15, -0.1) is 0 Å². The van der Waals surface area contributed by atoms with Gasteiger partial charge in [-0.05, 0) is 72.8 Å². The van der Waals surface area contributed by atoms with E-state index in [4.69, 9.17) is 0 Å². The number of nitrogens with one attached hydrogen (secondary N) is 1. The van der Waals surface area contributed by atoms with E-state index in [1.807, 2.05) is 0 Å². The second-order valence-electron chi connectivity index (χ2n) is 10.5. The molecular weight excluding hydrogens is 460 g/mol. The lowest BCUT2D eigenvalue weighted by Gasteiger charge is -2.46. The fraction of sp³-hybridized carbons (Fsp3) is 0.536. The number of hydrogen-bond acceptors (Lipinski definition) is 2. The second-order valence-corrected chi connectivity index (χ2v) is 11.4. The summed E-state index contributed by atoms with van der Waals surface area (Å²) < 4.78 is 1.14. The highest BCUT2D eigenvalue weighted by Crippen LogP contribution is 2.47. The monoisotopic (exact) mass is 494 g/mol. The van der Waals surface area contributed by atoms with Crippen molar-refractivity contribution in [3.63, 3.8) is 0 Å². The molecule has 5 rings (SSSR count). The molecule has 0 aromatic heterocycles. The predicted molar refractivity (Wildman–Crippen MR) is 134 cm³/mol. The molecule has 0 unspecified atom stereocenters. The third-order valence-corrected chi connectivity index (χ3v) is 8.89. The van der Waals surface area contributed by atoms with Crippen molar-refractivity contribution in [1.29, 1.82) is 0 Å². The van der Waals surface area contributed by atoms with E-state index in [0.717, 1.165) is 49.8 Å². The lowest BCUT2D eigenvalue weighted by atomic mass is 9.64. The molecule has 2 saturated heterocycles. The highest BCUT2D eigenvalue weighted by atomic mass is 79.9. The number of piperidine rings is 1. The van der Waals surface area contributed by atoms with E-state index in [9.17, 15) is 4.79 Å². The van der Waals surface area contributed by atoms with Crippen molar-refractivity contribution in [3.8, 4) is 0 Å². The molecule has 4 atom stereocenters. The van der Waals surface area contributed by atoms with Gasteiger partial charge in [0.25, 0.3) is 0 Å². The molecule has 3 aliphatic rings. The number of halogens is 1. The first kappa shape index (κ1) is 22.2. The van der Waals surface area contributed by atoms with Crippen LogP contribution < -0.4 is 5.32 Å². The number of benzene rings is 2. The standard InChI is InChI=1S/C28H35BrN2O/c1-19(2)26-16-21(20-7-4-3-5-8-20)12-14-31(26)27(32)25-17-30-18-28(25)13-6-9-22-15-23(29)10-11-24(22)28/h3-5,7-8,10-11,15,19,21,25-26,30H,6,9,12-14,16-18H2,1-2H3/t21-,25+,26+,28+/m1/s1. The first-order valence-corrected chi connectivity index (χ1v) is 13.1. The molecule has 1 aliphatic carbocycles. The molecule has 170 valence electrons. The van der Waals surface area contributed by atoms with Gasteiger partial charge < -0.3 is 10.2 Å². The minimum absolute atomic E-state index is 0.0391. The molecule has 0 saturated carbocycles. The topological polar surface area (TPSA) is 32.3 Å². The van der Waals surface area contributed by atoms with Crippen molar-refractivity contribution in [3.05, 3.63) is 69.7 Å². The molecule has 2 heterocycles. The van der Waals surface area contributed by atoms with Crippen LogP contribution in [0.25, 0.3) is 0 Å². The maximum Gasteiger partial charge on any atom is 0.228 e. The van der Waals surface area contributed by atoms with Crippen molar-refractivity contribution in [2.45, 2.75) is 63.3 Å². The van der Waals surface area contributed by atoms with E-state index < -0.39 is 0 Å². The summed E-state index contributed by atoms with van der Waals surface area (Å²) in [6.07, 6.45) is 5.53. The molecule has 2 aliphatic heterocycles. The van der Waals surface area contributed by atoms with E-state index in [2.05, 4.69) is 88.5 Å². The summed E-state index contributed by atoms with van der Waals surface area (Å²) >= 11 is 3.65. The van der Waals surface area contributed by atoms with Crippen LogP contribution in [-0.4, -0.2) is 36.5 Å². The van der Waals surface area contributed by atoms with E-state index >= 15 is 0 Å². The van der Waals surface area contributed by atoms with Gasteiger partial charge in [-0.1, -0.05) is 66.2 Å². The molecule has 2 aromatic carbocycles. The summed E-state index contributed by atoms with van der Waals surface area (Å²) in [6.45, 7) is 7.17. The number of rotatable bonds is 3. The summed E-state index contributed by atoms with van der Waals surface area (Å²) in [6, 6.07) is 17.9. The molecule has 2 fully saturated rings. The average molecular weight is 496 g/mol. The normalized spacial score (nSPS) is 30.0. The van der Waals surface area contributed by atoms with Gasteiger partial charge in [-0.2, -0.15) is 0 Å². The number of carbonyl (C=O) groups excluding carboxylic acids is 1. The Morgan fingerprint density at radius 2 is 2.00 bits per heavy atom. The third kappa shape index (κ3) is 3.84. The van der Waals surface area contributed by atoms with Gasteiger partial charge in [0.15, 0.2) is 0 Å². The first-order valence-electron chi connectivity index (χ1n) is 12.3. The quantitative estimate of drug-likeness (QED) is 0.595. The largest absolute Gasteiger partial charge is 0.339 e. The fourth-order valence-electron chi connectivity index (χ4n) is 6.74. The smallest absolute Gasteiger partial charge is 0.228 e. The molecule has 4 heteroatoms. The highest BCUT2D eigenvalue weighted by molar-refractivity contribution is 9.10. The van der Waals surface area contributed by atoms with E-state index in [1.54, 1.807) is 0 Å². The molecule has 1 amide bonds. The molecule has 32 heavy (non-hydrogen) atoms. The lowest BCUT2D eigenvalue weighted by molar-refractivity contribution is -0.142. The zero-order chi connectivity index (χ0) is 22.3. The first-order chi connectivity index (χ1) is 15.5. The van der Waals surface area contributed by atoms with E-state index in [-0.39, 0.29) is 11.3 Å². The van der Waals surface area contributed by atoms with Gasteiger partial charge in [0, 0.05) is 35.6 Å². The van der Waals surface area contributed by atoms with Crippen molar-refractivity contribution in [2.24, 2.45) is 11.8 Å². The van der Waals surface area contributed by atoms with Gasteiger partial charge in [-0.3, -0.25) is 4.79 Å². The summed E-state index contributed by atoms with van der Waals surface area (Å²) in [5.74, 6) is 1.44. The van der Waals surface area contributed by atoms with Crippen LogP contribution in [0, 0.1) is 11.8 Å². The number of carbonyl (C=O) groups is 1. The van der Waals surface area contributed by atoms with Crippen LogP contribution in [0.2, 0.25) is 0 Å². The number of hydrogen-bond donors (Lipinski definition) is 1. The van der Waals surface area contributed by atoms with Gasteiger partial charge >= 0.3 is 0 Å². The Bertz CT molecular complexity index is 975. The van der Waals surface area contributed by atoms with Crippen LogP contribution in [0.15, 0.2) is 53.0 Å². The molecule has 0 bridgehead atoms. The summed E-state index contributed by atoms with van der Waals surface area (Å²) in [5.41, 5.74) is 4.21. The number of aryl methyl sites for hydroxylation is 1. The van der Waals surface area contributed by atoms with E-state index in [1.165, 1.54) is 23.1 Å². The minimum atomic E-state index is -0.0524. The fourth-order valence-corrected chi connectivity index (χ4v) is 7.15. The Kier molecular flexibility index (Phi) is 6.19. The molecule has 1 N–H and O–H groups in total. The maximum absolute atomic E-state index is 14.2. The average Bonchev–Trinajstić information content (AvgIpc) is 3.22. The second kappa shape index (κ2) is 8.95. The van der Waals surface area contributed by atoms with E-state index in [0.29, 0.717) is 23.8 Å². The third-order valence-electron chi connectivity index (χ3n) is 8.40. The number of fused-ring (bicyclic) bond motifs is 2. The zero-order valence-corrected chi connectivity index (χ0v) is 20.9. The van der Waals surface area contributed by atoms with Gasteiger partial charge in [0.2, 0.25) is 5.91 Å². The number of amides is 1. The van der Waals surface area contributed by atoms with Crippen molar-refractivity contribution in [2.75, 3.05) is 19.6 Å². The lowest BCUT2D eigenvalue weighted by Crippen LogP contribution is -2.54. The molecular formula is C28H35BrN2O. The Morgan fingerprint density at radius 3 is 2.78 bits per heavy atom. The maximum atomic E-state index is 14.2. The summed E-state index contributed by atoms with van der Waals surface area (Å²) in [5, 5.41) is 3.63. The molecule has 2 aromatic rings. The van der Waals surface area contributed by atoms with Gasteiger partial charge in [-0.25, -0.2) is 0 Å². The van der Waals surface area contributed by atoms with Gasteiger partial charge in [0.05, 0.1) is 5.92 Å². The van der Waals surface area contributed by atoms with Crippen LogP contribution in [0.4, 0.5) is 0 Å². The Hall–Kier alpha value is -1.65. The van der Waals surface area contributed by atoms with Crippen LogP contribution in [-0.2, 0) is 16.6 Å². The molecule has 1 spiro atoms. The number of nitrogens with zero attached hydrogens (tertiary/aromatic N) is 1. The SMILES string of the molecule is CC(C)[C@@H]1C[C@H](c2ccccc2)CCN1C(=O)[C@@H]1CNC[C@]12CCCc1cc(Br)ccc12. The predicted octanol–water partition coefficient (Wildman–Crippen LogP) is 5.67. The Morgan fingerprint density at radius 1 is 1.19 bits per heavy atom. The van der Waals surface area contributed by atoms with Crippen LogP contribution in [0.5, 0.6) is 0 Å². The van der Waals surface area contributed by atoms with Crippen molar-refractivity contribution < 1.29 is 4.79 Å². The van der Waals surface area contributed by atoms with Gasteiger partial charge in [0.1, 0.15) is 0 Å². The highest BCUT2D eigenvalue weighted by Gasteiger charge is 2.52. The van der Waals surface area contributed by atoms with Crippen LogP contribution >= 0.6 is 15.9 Å². The Balaban J connectivity index is 1.42.